The topological polar surface area (TPSA) is 67.4 Å². The number of aryl methyl sites for hydroxylation is 1. The standard InChI is InChI=1S/C16H25ClN4O2/c1-5-11-9-13(19-20-14(11)17)18-12-7-6-8-21(10-12)15(22)23-16(2,3)4/h9,12H,5-8,10H2,1-4H3,(H,18,19)/t12-/m1/s1. The Kier molecular flexibility index (Phi) is 5.68. The Morgan fingerprint density at radius 2 is 2.22 bits per heavy atom. The molecule has 1 saturated heterocycles. The van der Waals surface area contributed by atoms with Crippen molar-refractivity contribution in [1.82, 2.24) is 15.1 Å². The lowest BCUT2D eigenvalue weighted by Crippen LogP contribution is -2.47. The highest BCUT2D eigenvalue weighted by atomic mass is 35.5. The van der Waals surface area contributed by atoms with Crippen LogP contribution in [-0.2, 0) is 11.2 Å². The second-order valence-electron chi connectivity index (χ2n) is 6.81. The second-order valence-corrected chi connectivity index (χ2v) is 7.17. The minimum Gasteiger partial charge on any atom is -0.444 e. The number of hydrogen-bond donors (Lipinski definition) is 1. The normalized spacial score (nSPS) is 18.7. The van der Waals surface area contributed by atoms with E-state index in [2.05, 4.69) is 15.5 Å². The molecule has 0 unspecified atom stereocenters. The van der Waals surface area contributed by atoms with Gasteiger partial charge >= 0.3 is 6.09 Å². The fraction of sp³-hybridized carbons (Fsp3) is 0.688. The SMILES string of the molecule is CCc1cc(N[C@@H]2CCCN(C(=O)OC(C)(C)C)C2)nnc1Cl. The van der Waals surface area contributed by atoms with E-state index in [1.165, 1.54) is 0 Å². The fourth-order valence-electron chi connectivity index (χ4n) is 2.53. The molecule has 1 aliphatic heterocycles. The first-order valence-corrected chi connectivity index (χ1v) is 8.43. The number of nitrogens with one attached hydrogen (secondary N) is 1. The molecule has 6 nitrogen and oxygen atoms in total. The molecule has 1 aliphatic rings. The van der Waals surface area contributed by atoms with Gasteiger partial charge in [-0.2, -0.15) is 0 Å². The van der Waals surface area contributed by atoms with Crippen LogP contribution in [0, 0.1) is 0 Å². The van der Waals surface area contributed by atoms with Crippen molar-refractivity contribution in [3.05, 3.63) is 16.8 Å². The predicted octanol–water partition coefficient (Wildman–Crippen LogP) is 3.50. The summed E-state index contributed by atoms with van der Waals surface area (Å²) in [5.41, 5.74) is 0.485. The third kappa shape index (κ3) is 5.23. The van der Waals surface area contributed by atoms with E-state index in [0.717, 1.165) is 31.4 Å². The maximum Gasteiger partial charge on any atom is 0.410 e. The Labute approximate surface area is 142 Å². The molecule has 0 bridgehead atoms. The number of likely N-dealkylation sites (tertiary alicyclic amines) is 1. The molecule has 7 heteroatoms. The molecular formula is C16H25ClN4O2. The first-order chi connectivity index (χ1) is 10.8. The molecule has 1 aromatic heterocycles. The number of nitrogens with zero attached hydrogens (tertiary/aromatic N) is 3. The largest absolute Gasteiger partial charge is 0.444 e. The van der Waals surface area contributed by atoms with Crippen LogP contribution >= 0.6 is 11.6 Å². The zero-order valence-electron chi connectivity index (χ0n) is 14.2. The van der Waals surface area contributed by atoms with Crippen molar-refractivity contribution in [2.75, 3.05) is 18.4 Å². The number of aromatic nitrogens is 2. The summed E-state index contributed by atoms with van der Waals surface area (Å²) in [5, 5.41) is 11.8. The molecule has 1 fully saturated rings. The van der Waals surface area contributed by atoms with E-state index in [4.69, 9.17) is 16.3 Å². The van der Waals surface area contributed by atoms with Gasteiger partial charge in [0, 0.05) is 19.1 Å². The Balaban J connectivity index is 1.97. The van der Waals surface area contributed by atoms with Gasteiger partial charge in [0.25, 0.3) is 0 Å². The van der Waals surface area contributed by atoms with Crippen LogP contribution < -0.4 is 5.32 Å². The van der Waals surface area contributed by atoms with Crippen molar-refractivity contribution in [2.45, 2.75) is 58.6 Å². The van der Waals surface area contributed by atoms with Crippen molar-refractivity contribution in [2.24, 2.45) is 0 Å². The smallest absolute Gasteiger partial charge is 0.410 e. The van der Waals surface area contributed by atoms with E-state index in [9.17, 15) is 4.79 Å². The van der Waals surface area contributed by atoms with Crippen molar-refractivity contribution >= 4 is 23.5 Å². The first-order valence-electron chi connectivity index (χ1n) is 8.05. The molecule has 1 atom stereocenters. The zero-order chi connectivity index (χ0) is 17.0. The number of carbonyl (C=O) groups excluding carboxylic acids is 1. The summed E-state index contributed by atoms with van der Waals surface area (Å²) in [6, 6.07) is 2.05. The molecule has 1 amide bonds. The summed E-state index contributed by atoms with van der Waals surface area (Å²) >= 11 is 5.99. The summed E-state index contributed by atoms with van der Waals surface area (Å²) in [6.45, 7) is 8.97. The molecule has 128 valence electrons. The fourth-order valence-corrected chi connectivity index (χ4v) is 2.76. The molecular weight excluding hydrogens is 316 g/mol. The highest BCUT2D eigenvalue weighted by molar-refractivity contribution is 6.30. The van der Waals surface area contributed by atoms with Crippen LogP contribution in [0.4, 0.5) is 10.6 Å². The Morgan fingerprint density at radius 3 is 2.87 bits per heavy atom. The minimum atomic E-state index is -0.477. The Morgan fingerprint density at radius 1 is 1.48 bits per heavy atom. The average molecular weight is 341 g/mol. The van der Waals surface area contributed by atoms with Gasteiger partial charge in [-0.05, 0) is 51.7 Å². The molecule has 1 N–H and O–H groups in total. The summed E-state index contributed by atoms with van der Waals surface area (Å²) in [6.07, 6.45) is 2.45. The van der Waals surface area contributed by atoms with E-state index in [-0.39, 0.29) is 12.1 Å². The van der Waals surface area contributed by atoms with Crippen molar-refractivity contribution in [3.63, 3.8) is 0 Å². The number of rotatable bonds is 3. The number of piperidine rings is 1. The maximum atomic E-state index is 12.2. The molecule has 2 heterocycles. The maximum absolute atomic E-state index is 12.2. The number of amides is 1. The zero-order valence-corrected chi connectivity index (χ0v) is 15.0. The van der Waals surface area contributed by atoms with Crippen LogP contribution in [0.5, 0.6) is 0 Å². The van der Waals surface area contributed by atoms with Gasteiger partial charge < -0.3 is 15.0 Å². The monoisotopic (exact) mass is 340 g/mol. The lowest BCUT2D eigenvalue weighted by Gasteiger charge is -2.34. The van der Waals surface area contributed by atoms with Gasteiger partial charge in [-0.3, -0.25) is 0 Å². The third-order valence-corrected chi connectivity index (χ3v) is 3.95. The first kappa shape index (κ1) is 17.8. The Bertz CT molecular complexity index is 560. The van der Waals surface area contributed by atoms with Crippen molar-refractivity contribution in [1.29, 1.82) is 0 Å². The van der Waals surface area contributed by atoms with Gasteiger partial charge in [-0.25, -0.2) is 4.79 Å². The number of carbonyl (C=O) groups is 1. The van der Waals surface area contributed by atoms with Crippen LogP contribution in [-0.4, -0.2) is 45.9 Å². The van der Waals surface area contributed by atoms with Crippen LogP contribution in [0.25, 0.3) is 0 Å². The van der Waals surface area contributed by atoms with Crippen molar-refractivity contribution in [3.8, 4) is 0 Å². The lowest BCUT2D eigenvalue weighted by atomic mass is 10.1. The van der Waals surface area contributed by atoms with Gasteiger partial charge in [0.15, 0.2) is 5.15 Å². The minimum absolute atomic E-state index is 0.136. The predicted molar refractivity (Wildman–Crippen MR) is 90.9 cm³/mol. The van der Waals surface area contributed by atoms with Crippen LogP contribution in [0.15, 0.2) is 6.07 Å². The van der Waals surface area contributed by atoms with Gasteiger partial charge in [0.1, 0.15) is 11.4 Å². The average Bonchev–Trinajstić information content (AvgIpc) is 2.48. The van der Waals surface area contributed by atoms with E-state index in [1.54, 1.807) is 4.90 Å². The van der Waals surface area contributed by atoms with Crippen LogP contribution in [0.2, 0.25) is 5.15 Å². The van der Waals surface area contributed by atoms with E-state index in [1.807, 2.05) is 33.8 Å². The molecule has 0 radical (unpaired) electrons. The Hall–Kier alpha value is -1.56. The molecule has 2 rings (SSSR count). The van der Waals surface area contributed by atoms with Gasteiger partial charge in [0.05, 0.1) is 0 Å². The summed E-state index contributed by atoms with van der Waals surface area (Å²) in [5.74, 6) is 0.697. The van der Waals surface area contributed by atoms with E-state index < -0.39 is 5.60 Å². The molecule has 23 heavy (non-hydrogen) atoms. The summed E-state index contributed by atoms with van der Waals surface area (Å²) < 4.78 is 5.44. The molecule has 0 spiro atoms. The van der Waals surface area contributed by atoms with Crippen molar-refractivity contribution < 1.29 is 9.53 Å². The highest BCUT2D eigenvalue weighted by Crippen LogP contribution is 2.20. The van der Waals surface area contributed by atoms with Crippen LogP contribution in [0.3, 0.4) is 0 Å². The highest BCUT2D eigenvalue weighted by Gasteiger charge is 2.27. The number of ether oxygens (including phenoxy) is 1. The lowest BCUT2D eigenvalue weighted by molar-refractivity contribution is 0.0206. The molecule has 1 aromatic rings. The summed E-state index contributed by atoms with van der Waals surface area (Å²) in [7, 11) is 0. The van der Waals surface area contributed by atoms with Gasteiger partial charge in [-0.15, -0.1) is 10.2 Å². The van der Waals surface area contributed by atoms with Gasteiger partial charge in [-0.1, -0.05) is 18.5 Å². The second kappa shape index (κ2) is 7.34. The number of anilines is 1. The molecule has 0 aliphatic carbocycles. The summed E-state index contributed by atoms with van der Waals surface area (Å²) in [4.78, 5) is 13.9. The van der Waals surface area contributed by atoms with Crippen LogP contribution in [0.1, 0.15) is 46.1 Å². The number of halogens is 1. The molecule has 0 aromatic carbocycles. The number of hydrogen-bond acceptors (Lipinski definition) is 5. The van der Waals surface area contributed by atoms with E-state index >= 15 is 0 Å². The quantitative estimate of drug-likeness (QED) is 0.912. The molecule has 0 saturated carbocycles. The van der Waals surface area contributed by atoms with E-state index in [0.29, 0.717) is 17.5 Å². The van der Waals surface area contributed by atoms with Gasteiger partial charge in [0.2, 0.25) is 0 Å². The third-order valence-electron chi connectivity index (χ3n) is 3.63.